The molecule has 0 aliphatic carbocycles. The van der Waals surface area contributed by atoms with Gasteiger partial charge in [0.15, 0.2) is 0 Å². The summed E-state index contributed by atoms with van der Waals surface area (Å²) in [5, 5.41) is 0. The summed E-state index contributed by atoms with van der Waals surface area (Å²) in [6.45, 7) is 8.95. The Balaban J connectivity index is 3.47. The van der Waals surface area contributed by atoms with Gasteiger partial charge in [0.25, 0.3) is 0 Å². The van der Waals surface area contributed by atoms with Crippen LogP contribution in [0.15, 0.2) is 0 Å². The summed E-state index contributed by atoms with van der Waals surface area (Å²) in [4.78, 5) is 0. The van der Waals surface area contributed by atoms with Gasteiger partial charge in [-0.1, -0.05) is 20.8 Å². The van der Waals surface area contributed by atoms with Crippen molar-refractivity contribution in [1.82, 2.24) is 0 Å². The molecule has 0 fully saturated rings. The predicted octanol–water partition coefficient (Wildman–Crippen LogP) is 1.89. The van der Waals surface area contributed by atoms with E-state index in [1.807, 2.05) is 0 Å². The lowest BCUT2D eigenvalue weighted by atomic mass is 9.99. The van der Waals surface area contributed by atoms with Crippen LogP contribution in [0.2, 0.25) is 0 Å². The topological polar surface area (TPSA) is 26.3 Å². The lowest BCUT2D eigenvalue weighted by molar-refractivity contribution is -0.867. The zero-order chi connectivity index (χ0) is 13.5. The van der Waals surface area contributed by atoms with Gasteiger partial charge < -0.3 is 9.22 Å². The van der Waals surface area contributed by atoms with Crippen LogP contribution in [0.4, 0.5) is 0 Å². The van der Waals surface area contributed by atoms with Crippen molar-refractivity contribution < 1.29 is 13.4 Å². The van der Waals surface area contributed by atoms with Gasteiger partial charge in [-0.2, -0.15) is 0 Å². The molecule has 0 aliphatic heterocycles. The Morgan fingerprint density at radius 2 is 1.71 bits per heavy atom. The fourth-order valence-corrected chi connectivity index (χ4v) is 2.57. The van der Waals surface area contributed by atoms with Gasteiger partial charge >= 0.3 is 0 Å². The van der Waals surface area contributed by atoms with Crippen LogP contribution < -0.4 is 0 Å². The number of nitrogens with zero attached hydrogens (tertiary/aromatic N) is 1. The van der Waals surface area contributed by atoms with Crippen molar-refractivity contribution in [3.63, 3.8) is 0 Å². The molecule has 1 atom stereocenters. The summed E-state index contributed by atoms with van der Waals surface area (Å²) < 4.78 is 18.1. The lowest BCUT2D eigenvalue weighted by Crippen LogP contribution is -2.38. The third-order valence-corrected chi connectivity index (χ3v) is 3.57. The minimum Gasteiger partial charge on any atom is -0.381 e. The molecule has 1 unspecified atom stereocenters. The summed E-state index contributed by atoms with van der Waals surface area (Å²) >= 11 is 0. The van der Waals surface area contributed by atoms with E-state index in [4.69, 9.17) is 4.74 Å². The molecule has 4 heteroatoms. The zero-order valence-electron chi connectivity index (χ0n) is 12.4. The molecule has 104 valence electrons. The molecule has 0 amide bonds. The van der Waals surface area contributed by atoms with Gasteiger partial charge in [0.2, 0.25) is 0 Å². The van der Waals surface area contributed by atoms with Crippen molar-refractivity contribution in [3.05, 3.63) is 0 Å². The van der Waals surface area contributed by atoms with Crippen molar-refractivity contribution in [2.24, 2.45) is 5.41 Å². The first-order valence-electron chi connectivity index (χ1n) is 6.33. The molecule has 0 aromatic heterocycles. The minimum absolute atomic E-state index is 0.225. The fraction of sp³-hybridized carbons (Fsp3) is 1.00. The van der Waals surface area contributed by atoms with E-state index in [0.29, 0.717) is 0 Å². The molecule has 0 aromatic rings. The highest BCUT2D eigenvalue weighted by Crippen LogP contribution is 2.12. The first kappa shape index (κ1) is 17.1. The summed E-state index contributed by atoms with van der Waals surface area (Å²) in [6.07, 6.45) is 0.903. The predicted molar refractivity (Wildman–Crippen MR) is 75.7 cm³/mol. The number of ether oxygens (including phenoxy) is 1. The smallest absolute Gasteiger partial charge is 0.0897 e. The highest BCUT2D eigenvalue weighted by Gasteiger charge is 2.11. The molecule has 0 spiro atoms. The van der Waals surface area contributed by atoms with Crippen LogP contribution in [-0.4, -0.2) is 61.1 Å². The largest absolute Gasteiger partial charge is 0.381 e. The Bertz CT molecular complexity index is 229. The van der Waals surface area contributed by atoms with E-state index >= 15 is 0 Å². The Hall–Kier alpha value is 0.0700. The second kappa shape index (κ2) is 7.49. The third-order valence-electron chi connectivity index (χ3n) is 2.19. The summed E-state index contributed by atoms with van der Waals surface area (Å²) in [5.41, 5.74) is 0.225. The highest BCUT2D eigenvalue weighted by atomic mass is 32.2. The number of hydrogen-bond acceptors (Lipinski definition) is 2. The van der Waals surface area contributed by atoms with E-state index in [1.165, 1.54) is 0 Å². The normalized spacial score (nSPS) is 14.9. The van der Waals surface area contributed by atoms with E-state index in [9.17, 15) is 4.21 Å². The van der Waals surface area contributed by atoms with Crippen LogP contribution in [0.3, 0.4) is 0 Å². The van der Waals surface area contributed by atoms with Gasteiger partial charge in [-0.15, -0.1) is 0 Å². The molecule has 0 aliphatic rings. The van der Waals surface area contributed by atoms with Gasteiger partial charge in [0, 0.05) is 23.2 Å². The van der Waals surface area contributed by atoms with Gasteiger partial charge in [-0.25, -0.2) is 0 Å². The van der Waals surface area contributed by atoms with Crippen LogP contribution >= 0.6 is 0 Å². The van der Waals surface area contributed by atoms with Gasteiger partial charge in [0.05, 0.1) is 40.0 Å². The highest BCUT2D eigenvalue weighted by molar-refractivity contribution is 7.84. The second-order valence-electron chi connectivity index (χ2n) is 6.83. The first-order chi connectivity index (χ1) is 7.60. The Morgan fingerprint density at radius 3 is 2.18 bits per heavy atom. The average molecular weight is 264 g/mol. The Morgan fingerprint density at radius 1 is 1.12 bits per heavy atom. The second-order valence-corrected chi connectivity index (χ2v) is 8.52. The molecule has 0 N–H and O–H groups in total. The van der Waals surface area contributed by atoms with Crippen LogP contribution in [0.25, 0.3) is 0 Å². The molecular weight excluding hydrogens is 234 g/mol. The molecule has 0 bridgehead atoms. The monoisotopic (exact) mass is 264 g/mol. The molecule has 0 saturated carbocycles. The summed E-state index contributed by atoms with van der Waals surface area (Å²) in [5.74, 6) is 1.56. The van der Waals surface area contributed by atoms with Crippen LogP contribution in [0.1, 0.15) is 27.2 Å². The number of hydrogen-bond donors (Lipinski definition) is 0. The van der Waals surface area contributed by atoms with Crippen molar-refractivity contribution >= 4 is 10.8 Å². The fourth-order valence-electron chi connectivity index (χ4n) is 1.18. The molecule has 0 saturated heterocycles. The van der Waals surface area contributed by atoms with E-state index in [1.54, 1.807) is 0 Å². The molecule has 3 nitrogen and oxygen atoms in total. The zero-order valence-corrected chi connectivity index (χ0v) is 13.2. The van der Waals surface area contributed by atoms with Gasteiger partial charge in [-0.05, 0) is 11.8 Å². The molecule has 0 aromatic carbocycles. The maximum Gasteiger partial charge on any atom is 0.0897 e. The quantitative estimate of drug-likeness (QED) is 0.494. The van der Waals surface area contributed by atoms with Crippen LogP contribution in [-0.2, 0) is 15.5 Å². The van der Waals surface area contributed by atoms with Crippen molar-refractivity contribution in [2.45, 2.75) is 27.2 Å². The molecular formula is C13H30NO2S+. The van der Waals surface area contributed by atoms with E-state index < -0.39 is 10.8 Å². The van der Waals surface area contributed by atoms with E-state index in [2.05, 4.69) is 41.9 Å². The minimum atomic E-state index is -0.687. The molecule has 0 heterocycles. The van der Waals surface area contributed by atoms with E-state index in [0.717, 1.165) is 42.2 Å². The van der Waals surface area contributed by atoms with Crippen LogP contribution in [0.5, 0.6) is 0 Å². The maximum absolute atomic E-state index is 11.7. The first-order valence-corrected chi connectivity index (χ1v) is 7.82. The average Bonchev–Trinajstić information content (AvgIpc) is 2.11. The van der Waals surface area contributed by atoms with Gasteiger partial charge in [-0.3, -0.25) is 4.21 Å². The van der Waals surface area contributed by atoms with Gasteiger partial charge in [0.1, 0.15) is 0 Å². The standard InChI is InChI=1S/C13H30NO2S/c1-13(2,3)12-16-9-7-10-17(15)11-8-14(4,5)6/h7-12H2,1-6H3/q+1. The van der Waals surface area contributed by atoms with Crippen molar-refractivity contribution in [1.29, 1.82) is 0 Å². The SMILES string of the molecule is CC(C)(C)COCCCS(=O)CC[N+](C)(C)C. The molecule has 0 rings (SSSR count). The Labute approximate surface area is 110 Å². The summed E-state index contributed by atoms with van der Waals surface area (Å²) in [7, 11) is 5.70. The van der Waals surface area contributed by atoms with Crippen LogP contribution in [0, 0.1) is 5.41 Å². The van der Waals surface area contributed by atoms with Crippen molar-refractivity contribution in [3.8, 4) is 0 Å². The molecule has 0 radical (unpaired) electrons. The maximum atomic E-state index is 11.7. The number of quaternary nitrogens is 1. The lowest BCUT2D eigenvalue weighted by Gasteiger charge is -2.23. The Kier molecular flexibility index (Phi) is 7.52. The van der Waals surface area contributed by atoms with Crippen molar-refractivity contribution in [2.75, 3.05) is 52.4 Å². The number of rotatable bonds is 8. The molecule has 17 heavy (non-hydrogen) atoms. The van der Waals surface area contributed by atoms with E-state index in [-0.39, 0.29) is 5.41 Å². The third kappa shape index (κ3) is 14.0. The summed E-state index contributed by atoms with van der Waals surface area (Å²) in [6, 6.07) is 0.